The molecule has 5 heterocycles. The molecule has 0 aliphatic carbocycles. The van der Waals surface area contributed by atoms with Gasteiger partial charge in [0.05, 0.1) is 17.8 Å². The van der Waals surface area contributed by atoms with Crippen molar-refractivity contribution < 1.29 is 4.79 Å². The van der Waals surface area contributed by atoms with Crippen LogP contribution in [0.25, 0.3) is 5.82 Å². The van der Waals surface area contributed by atoms with Crippen LogP contribution in [0.3, 0.4) is 0 Å². The zero-order chi connectivity index (χ0) is 20.7. The molecular formula is C24H25N5O. The van der Waals surface area contributed by atoms with Crippen molar-refractivity contribution in [3.05, 3.63) is 84.6 Å². The molecule has 1 spiro atoms. The maximum absolute atomic E-state index is 13.1. The Kier molecular flexibility index (Phi) is 4.42. The lowest BCUT2D eigenvalue weighted by Gasteiger charge is -2.47. The van der Waals surface area contributed by atoms with Crippen molar-refractivity contribution >= 4 is 11.6 Å². The number of anilines is 1. The predicted octanol–water partition coefficient (Wildman–Crippen LogP) is 3.33. The van der Waals surface area contributed by atoms with E-state index in [1.807, 2.05) is 35.4 Å². The van der Waals surface area contributed by atoms with Crippen molar-refractivity contribution in [3.8, 4) is 5.82 Å². The van der Waals surface area contributed by atoms with Gasteiger partial charge in [0, 0.05) is 43.9 Å². The van der Waals surface area contributed by atoms with Gasteiger partial charge in [-0.15, -0.1) is 0 Å². The molecule has 1 saturated heterocycles. The largest absolute Gasteiger partial charge is 0.351 e. The van der Waals surface area contributed by atoms with Crippen LogP contribution in [0.5, 0.6) is 0 Å². The van der Waals surface area contributed by atoms with Crippen molar-refractivity contribution in [1.29, 1.82) is 0 Å². The zero-order valence-electron chi connectivity index (χ0n) is 17.2. The Balaban J connectivity index is 1.52. The van der Waals surface area contributed by atoms with Crippen LogP contribution in [0, 0.1) is 0 Å². The summed E-state index contributed by atoms with van der Waals surface area (Å²) in [6.45, 7) is 8.32. The molecular weight excluding hydrogens is 374 g/mol. The van der Waals surface area contributed by atoms with Gasteiger partial charge in [-0.3, -0.25) is 9.78 Å². The molecule has 6 nitrogen and oxygen atoms in total. The molecule has 2 aliphatic heterocycles. The summed E-state index contributed by atoms with van der Waals surface area (Å²) in [7, 11) is 0. The zero-order valence-corrected chi connectivity index (χ0v) is 17.2. The van der Waals surface area contributed by atoms with Crippen LogP contribution in [0.15, 0.2) is 73.2 Å². The van der Waals surface area contributed by atoms with Crippen LogP contribution >= 0.6 is 0 Å². The number of likely N-dealkylation sites (tertiary alicyclic amines) is 1. The van der Waals surface area contributed by atoms with Crippen molar-refractivity contribution in [1.82, 2.24) is 19.4 Å². The summed E-state index contributed by atoms with van der Waals surface area (Å²) in [6, 6.07) is 14.0. The Morgan fingerprint density at radius 1 is 1.13 bits per heavy atom. The molecule has 152 valence electrons. The van der Waals surface area contributed by atoms with Gasteiger partial charge in [0.2, 0.25) is 5.91 Å². The van der Waals surface area contributed by atoms with Gasteiger partial charge in [-0.25, -0.2) is 4.98 Å². The highest BCUT2D eigenvalue weighted by Crippen LogP contribution is 2.47. The number of pyridine rings is 2. The van der Waals surface area contributed by atoms with E-state index in [0.29, 0.717) is 13.0 Å². The minimum absolute atomic E-state index is 0.121. The first-order chi connectivity index (χ1) is 14.6. The third kappa shape index (κ3) is 2.91. The van der Waals surface area contributed by atoms with Gasteiger partial charge in [-0.05, 0) is 49.7 Å². The quantitative estimate of drug-likeness (QED) is 0.632. The number of carbonyl (C=O) groups is 1. The summed E-state index contributed by atoms with van der Waals surface area (Å²) in [5.41, 5.74) is 3.87. The lowest BCUT2D eigenvalue weighted by atomic mass is 9.88. The van der Waals surface area contributed by atoms with Crippen LogP contribution in [0.1, 0.15) is 24.7 Å². The van der Waals surface area contributed by atoms with Crippen LogP contribution in [0.4, 0.5) is 5.69 Å². The van der Waals surface area contributed by atoms with Crippen LogP contribution in [0.2, 0.25) is 0 Å². The van der Waals surface area contributed by atoms with Crippen molar-refractivity contribution in [2.75, 3.05) is 24.5 Å². The fraction of sp³-hybridized carbons (Fsp3) is 0.292. The molecule has 0 saturated carbocycles. The molecule has 0 aromatic carbocycles. The van der Waals surface area contributed by atoms with E-state index in [1.54, 1.807) is 6.20 Å². The van der Waals surface area contributed by atoms with Gasteiger partial charge in [-0.2, -0.15) is 0 Å². The summed E-state index contributed by atoms with van der Waals surface area (Å²) in [6.07, 6.45) is 6.83. The number of aromatic nitrogens is 3. The van der Waals surface area contributed by atoms with Gasteiger partial charge in [0.1, 0.15) is 5.54 Å². The maximum atomic E-state index is 13.1. The third-order valence-corrected chi connectivity index (χ3v) is 6.11. The van der Waals surface area contributed by atoms with E-state index < -0.39 is 0 Å². The molecule has 3 aromatic rings. The second-order valence-corrected chi connectivity index (χ2v) is 8.25. The van der Waals surface area contributed by atoms with E-state index in [4.69, 9.17) is 0 Å². The number of hydrogen-bond acceptors (Lipinski definition) is 4. The molecule has 1 amide bonds. The number of nitrogens with zero attached hydrogens (tertiary/aromatic N) is 5. The molecule has 3 aromatic heterocycles. The second kappa shape index (κ2) is 7.13. The van der Waals surface area contributed by atoms with Crippen LogP contribution in [-0.2, 0) is 16.8 Å². The van der Waals surface area contributed by atoms with E-state index in [0.717, 1.165) is 42.3 Å². The van der Waals surface area contributed by atoms with Gasteiger partial charge in [0.25, 0.3) is 0 Å². The summed E-state index contributed by atoms with van der Waals surface area (Å²) >= 11 is 0. The molecule has 0 bridgehead atoms. The molecule has 0 radical (unpaired) electrons. The molecule has 1 atom stereocenters. The first kappa shape index (κ1) is 18.6. The van der Waals surface area contributed by atoms with Crippen molar-refractivity contribution in [3.63, 3.8) is 0 Å². The third-order valence-electron chi connectivity index (χ3n) is 6.11. The number of fused-ring (bicyclic) bond motifs is 4. The van der Waals surface area contributed by atoms with E-state index in [9.17, 15) is 4.79 Å². The van der Waals surface area contributed by atoms with Gasteiger partial charge < -0.3 is 14.4 Å². The summed E-state index contributed by atoms with van der Waals surface area (Å²) < 4.78 is 2.18. The number of carbonyl (C=O) groups excluding carboxylic acids is 1. The van der Waals surface area contributed by atoms with E-state index in [1.165, 1.54) is 5.69 Å². The van der Waals surface area contributed by atoms with Gasteiger partial charge in [0.15, 0.2) is 5.82 Å². The van der Waals surface area contributed by atoms with Crippen LogP contribution < -0.4 is 4.90 Å². The maximum Gasteiger partial charge on any atom is 0.228 e. The van der Waals surface area contributed by atoms with Gasteiger partial charge in [-0.1, -0.05) is 18.2 Å². The monoisotopic (exact) mass is 399 g/mol. The normalized spacial score (nSPS) is 19.6. The number of rotatable bonds is 4. The predicted molar refractivity (Wildman–Crippen MR) is 117 cm³/mol. The minimum atomic E-state index is -0.293. The first-order valence-electron chi connectivity index (χ1n) is 10.3. The summed E-state index contributed by atoms with van der Waals surface area (Å²) in [5.74, 6) is 1.05. The highest BCUT2D eigenvalue weighted by Gasteiger charge is 2.50. The lowest BCUT2D eigenvalue weighted by molar-refractivity contribution is -0.129. The molecule has 5 rings (SSSR count). The number of hydrogen-bond donors (Lipinski definition) is 0. The smallest absolute Gasteiger partial charge is 0.228 e. The molecule has 0 unspecified atom stereocenters. The minimum Gasteiger partial charge on any atom is -0.351 e. The average Bonchev–Trinajstić information content (AvgIpc) is 3.41. The Morgan fingerprint density at radius 2 is 2.00 bits per heavy atom. The fourth-order valence-corrected chi connectivity index (χ4v) is 4.81. The lowest BCUT2D eigenvalue weighted by Crippen LogP contribution is -2.53. The molecule has 2 aliphatic rings. The highest BCUT2D eigenvalue weighted by atomic mass is 16.2. The van der Waals surface area contributed by atoms with Crippen molar-refractivity contribution in [2.45, 2.75) is 25.3 Å². The van der Waals surface area contributed by atoms with Crippen LogP contribution in [-0.4, -0.2) is 45.0 Å². The Labute approximate surface area is 176 Å². The Morgan fingerprint density at radius 3 is 2.80 bits per heavy atom. The molecule has 1 fully saturated rings. The Hall–Kier alpha value is -3.41. The topological polar surface area (TPSA) is 54.3 Å². The average molecular weight is 399 g/mol. The van der Waals surface area contributed by atoms with E-state index in [-0.39, 0.29) is 11.4 Å². The molecule has 6 heteroatoms. The highest BCUT2D eigenvalue weighted by molar-refractivity contribution is 5.79. The second-order valence-electron chi connectivity index (χ2n) is 8.25. The standard InChI is InChI=1S/C24H25N5O/c1-18(2)16-29-20-8-5-12-26-23(20)28-13-6-9-21(28)24(29)10-14-27(17-24)22(30)15-19-7-3-4-11-25-19/h3-9,11-13H,1,10,14-17H2,2H3/t24-/m1/s1. The molecule has 0 N–H and O–H groups in total. The number of amides is 1. The van der Waals surface area contributed by atoms with E-state index >= 15 is 0 Å². The van der Waals surface area contributed by atoms with Crippen molar-refractivity contribution in [2.24, 2.45) is 0 Å². The summed E-state index contributed by atoms with van der Waals surface area (Å²) in [5, 5.41) is 0. The summed E-state index contributed by atoms with van der Waals surface area (Å²) in [4.78, 5) is 26.5. The van der Waals surface area contributed by atoms with E-state index in [2.05, 4.69) is 57.3 Å². The SMILES string of the molecule is C=C(C)CN1c2cccnc2-n2cccc2[C@]12CCN(C(=O)Cc1ccccn1)C2. The Bertz CT molecular complexity index is 1110. The fourth-order valence-electron chi connectivity index (χ4n) is 4.81. The molecule has 30 heavy (non-hydrogen) atoms. The van der Waals surface area contributed by atoms with Gasteiger partial charge >= 0.3 is 0 Å². The first-order valence-corrected chi connectivity index (χ1v) is 10.3.